The lowest BCUT2D eigenvalue weighted by Crippen LogP contribution is -2.23. The van der Waals surface area contributed by atoms with Crippen molar-refractivity contribution in [1.82, 2.24) is 9.80 Å². The third-order valence-electron chi connectivity index (χ3n) is 3.24. The van der Waals surface area contributed by atoms with Gasteiger partial charge in [-0.15, -0.1) is 0 Å². The number of hydrogen-bond acceptors (Lipinski definition) is 5. The Morgan fingerprint density at radius 3 is 1.85 bits per heavy atom. The second kappa shape index (κ2) is 13.3. The molecule has 1 heterocycles. The van der Waals surface area contributed by atoms with E-state index in [1.807, 2.05) is 0 Å². The van der Waals surface area contributed by atoms with Crippen molar-refractivity contribution in [3.63, 3.8) is 0 Å². The van der Waals surface area contributed by atoms with Gasteiger partial charge in [0, 0.05) is 26.0 Å². The standard InChI is InChI=1S/C14H28N2.BH3O3/c1-3-4-5-6-7-8-9-10-11-16-13-12-15(2)14-16;2-1(3)4/h12-13H,3-11,14H2,1-2H3;2-4H. The first-order valence-electron chi connectivity index (χ1n) is 7.73. The molecule has 0 aromatic rings. The number of rotatable bonds is 9. The lowest BCUT2D eigenvalue weighted by Gasteiger charge is -2.17. The molecule has 1 rings (SSSR count). The lowest BCUT2D eigenvalue weighted by atomic mass is 10.1. The molecular formula is C14H31BN2O3. The summed E-state index contributed by atoms with van der Waals surface area (Å²) in [7, 11) is -0.0375. The Morgan fingerprint density at radius 1 is 0.900 bits per heavy atom. The molecule has 0 saturated heterocycles. The summed E-state index contributed by atoms with van der Waals surface area (Å²) in [5, 5.41) is 21.5. The van der Waals surface area contributed by atoms with E-state index in [-0.39, 0.29) is 0 Å². The van der Waals surface area contributed by atoms with Gasteiger partial charge in [-0.25, -0.2) is 0 Å². The molecule has 0 unspecified atom stereocenters. The van der Waals surface area contributed by atoms with E-state index in [2.05, 4.69) is 36.2 Å². The van der Waals surface area contributed by atoms with Crippen LogP contribution in [0.4, 0.5) is 0 Å². The normalized spacial score (nSPS) is 13.4. The van der Waals surface area contributed by atoms with Crippen LogP contribution >= 0.6 is 0 Å². The van der Waals surface area contributed by atoms with Gasteiger partial charge in [-0.3, -0.25) is 0 Å². The predicted molar refractivity (Wildman–Crippen MR) is 83.5 cm³/mol. The summed E-state index contributed by atoms with van der Waals surface area (Å²) in [6.45, 7) is 4.59. The second-order valence-corrected chi connectivity index (χ2v) is 5.33. The summed E-state index contributed by atoms with van der Waals surface area (Å²) in [6, 6.07) is 0. The van der Waals surface area contributed by atoms with Crippen molar-refractivity contribution in [2.45, 2.75) is 58.3 Å². The average molecular weight is 286 g/mol. The Labute approximate surface area is 124 Å². The van der Waals surface area contributed by atoms with Gasteiger partial charge in [0.05, 0.1) is 6.67 Å². The highest BCUT2D eigenvalue weighted by Gasteiger charge is 2.06. The van der Waals surface area contributed by atoms with Gasteiger partial charge in [0.1, 0.15) is 0 Å². The van der Waals surface area contributed by atoms with E-state index in [1.165, 1.54) is 57.9 Å². The third-order valence-corrected chi connectivity index (χ3v) is 3.24. The van der Waals surface area contributed by atoms with Crippen LogP contribution in [0.3, 0.4) is 0 Å². The van der Waals surface area contributed by atoms with Crippen LogP contribution in [0.1, 0.15) is 58.3 Å². The average Bonchev–Trinajstić information content (AvgIpc) is 2.78. The lowest BCUT2D eigenvalue weighted by molar-refractivity contribution is 0.278. The highest BCUT2D eigenvalue weighted by Crippen LogP contribution is 2.10. The summed E-state index contributed by atoms with van der Waals surface area (Å²) >= 11 is 0. The first-order chi connectivity index (χ1) is 9.56. The quantitative estimate of drug-likeness (QED) is 0.445. The molecule has 0 aromatic carbocycles. The molecule has 0 saturated carbocycles. The maximum absolute atomic E-state index is 7.17. The zero-order valence-electron chi connectivity index (χ0n) is 13.0. The highest BCUT2D eigenvalue weighted by atomic mass is 16.5. The molecule has 0 atom stereocenters. The summed E-state index contributed by atoms with van der Waals surface area (Å²) in [5.74, 6) is 0. The number of hydrogen-bond donors (Lipinski definition) is 3. The van der Waals surface area contributed by atoms with Crippen molar-refractivity contribution in [3.05, 3.63) is 12.4 Å². The molecule has 5 nitrogen and oxygen atoms in total. The first kappa shape index (κ1) is 19.3. The molecule has 118 valence electrons. The predicted octanol–water partition coefficient (Wildman–Crippen LogP) is 1.75. The summed E-state index contributed by atoms with van der Waals surface area (Å²) < 4.78 is 0. The van der Waals surface area contributed by atoms with Gasteiger partial charge in [-0.2, -0.15) is 0 Å². The molecular weight excluding hydrogens is 255 g/mol. The Balaban J connectivity index is 0.000000796. The first-order valence-corrected chi connectivity index (χ1v) is 7.73. The van der Waals surface area contributed by atoms with Gasteiger partial charge in [-0.05, 0) is 6.42 Å². The van der Waals surface area contributed by atoms with Gasteiger partial charge >= 0.3 is 7.32 Å². The zero-order chi connectivity index (χ0) is 15.2. The van der Waals surface area contributed by atoms with E-state index in [1.54, 1.807) is 0 Å². The van der Waals surface area contributed by atoms with Crippen LogP contribution in [0.2, 0.25) is 0 Å². The van der Waals surface area contributed by atoms with Crippen LogP contribution < -0.4 is 0 Å². The van der Waals surface area contributed by atoms with Crippen molar-refractivity contribution < 1.29 is 15.1 Å². The van der Waals surface area contributed by atoms with Crippen LogP contribution in [0.25, 0.3) is 0 Å². The maximum Gasteiger partial charge on any atom is 0.631 e. The minimum atomic E-state index is -2.17. The van der Waals surface area contributed by atoms with Crippen LogP contribution in [0.5, 0.6) is 0 Å². The number of unbranched alkanes of at least 4 members (excludes halogenated alkanes) is 7. The van der Waals surface area contributed by atoms with E-state index in [4.69, 9.17) is 15.1 Å². The molecule has 6 heteroatoms. The van der Waals surface area contributed by atoms with Gasteiger partial charge in [-0.1, -0.05) is 51.9 Å². The summed E-state index contributed by atoms with van der Waals surface area (Å²) in [4.78, 5) is 4.63. The fraction of sp³-hybridized carbons (Fsp3) is 0.857. The van der Waals surface area contributed by atoms with E-state index in [0.29, 0.717) is 0 Å². The van der Waals surface area contributed by atoms with Crippen molar-refractivity contribution in [3.8, 4) is 0 Å². The van der Waals surface area contributed by atoms with E-state index in [0.717, 1.165) is 6.67 Å². The highest BCUT2D eigenvalue weighted by molar-refractivity contribution is 6.30. The zero-order valence-corrected chi connectivity index (χ0v) is 13.0. The Morgan fingerprint density at radius 2 is 1.40 bits per heavy atom. The molecule has 20 heavy (non-hydrogen) atoms. The van der Waals surface area contributed by atoms with Crippen LogP contribution in [0, 0.1) is 0 Å². The molecule has 0 aliphatic carbocycles. The van der Waals surface area contributed by atoms with Crippen molar-refractivity contribution in [2.24, 2.45) is 0 Å². The minimum Gasteiger partial charge on any atom is -0.402 e. The molecule has 1 aliphatic heterocycles. The monoisotopic (exact) mass is 286 g/mol. The minimum absolute atomic E-state index is 1.08. The SMILES string of the molecule is CCCCCCCCCCN1C=CN(C)C1.OB(O)O. The van der Waals surface area contributed by atoms with Crippen LogP contribution in [0.15, 0.2) is 12.4 Å². The second-order valence-electron chi connectivity index (χ2n) is 5.33. The summed E-state index contributed by atoms with van der Waals surface area (Å²) in [5.41, 5.74) is 0. The van der Waals surface area contributed by atoms with Gasteiger partial charge in [0.15, 0.2) is 0 Å². The number of nitrogens with zero attached hydrogens (tertiary/aromatic N) is 2. The van der Waals surface area contributed by atoms with Gasteiger partial charge < -0.3 is 24.9 Å². The fourth-order valence-corrected chi connectivity index (χ4v) is 2.18. The Kier molecular flexibility index (Phi) is 12.8. The maximum atomic E-state index is 7.17. The molecule has 0 bridgehead atoms. The van der Waals surface area contributed by atoms with Crippen molar-refractivity contribution >= 4 is 7.32 Å². The van der Waals surface area contributed by atoms with Gasteiger partial charge in [0.25, 0.3) is 0 Å². The third kappa shape index (κ3) is 13.7. The molecule has 0 spiro atoms. The van der Waals surface area contributed by atoms with Crippen molar-refractivity contribution in [1.29, 1.82) is 0 Å². The molecule has 0 radical (unpaired) electrons. The molecule has 0 amide bonds. The molecule has 0 fully saturated rings. The van der Waals surface area contributed by atoms with E-state index < -0.39 is 7.32 Å². The van der Waals surface area contributed by atoms with E-state index in [9.17, 15) is 0 Å². The Bertz CT molecular complexity index is 238. The summed E-state index contributed by atoms with van der Waals surface area (Å²) in [6.07, 6.45) is 15.7. The topological polar surface area (TPSA) is 67.2 Å². The molecule has 0 aromatic heterocycles. The van der Waals surface area contributed by atoms with Crippen molar-refractivity contribution in [2.75, 3.05) is 20.3 Å². The van der Waals surface area contributed by atoms with E-state index >= 15 is 0 Å². The van der Waals surface area contributed by atoms with Crippen LogP contribution in [-0.4, -0.2) is 52.5 Å². The Hall–Kier alpha value is -0.715. The van der Waals surface area contributed by atoms with Gasteiger partial charge in [0.2, 0.25) is 0 Å². The molecule has 3 N–H and O–H groups in total. The van der Waals surface area contributed by atoms with Crippen LogP contribution in [-0.2, 0) is 0 Å². The smallest absolute Gasteiger partial charge is 0.402 e. The molecule has 1 aliphatic rings. The fourth-order valence-electron chi connectivity index (χ4n) is 2.18. The largest absolute Gasteiger partial charge is 0.631 e.